The van der Waals surface area contributed by atoms with Crippen molar-refractivity contribution in [2.24, 2.45) is 5.92 Å². The van der Waals surface area contributed by atoms with Crippen molar-refractivity contribution in [3.63, 3.8) is 0 Å². The summed E-state index contributed by atoms with van der Waals surface area (Å²) >= 11 is 0. The molecule has 1 amide bonds. The van der Waals surface area contributed by atoms with E-state index in [4.69, 9.17) is 0 Å². The Hall–Kier alpha value is -3.23. The number of hydrogen-bond acceptors (Lipinski definition) is 4. The van der Waals surface area contributed by atoms with Gasteiger partial charge in [0.2, 0.25) is 15.9 Å². The molecule has 1 aliphatic rings. The molecule has 0 atom stereocenters. The Morgan fingerprint density at radius 1 is 1.00 bits per heavy atom. The minimum Gasteiger partial charge on any atom is -0.355 e. The molecule has 3 aromatic rings. The summed E-state index contributed by atoms with van der Waals surface area (Å²) in [7, 11) is -3.49. The van der Waals surface area contributed by atoms with Crippen LogP contribution >= 0.6 is 0 Å². The molecule has 2 heterocycles. The van der Waals surface area contributed by atoms with Gasteiger partial charge in [0.15, 0.2) is 0 Å². The number of rotatable bonds is 8. The summed E-state index contributed by atoms with van der Waals surface area (Å²) in [5, 5.41) is 8.78. The summed E-state index contributed by atoms with van der Waals surface area (Å²) in [5.74, 6) is -0.189. The van der Waals surface area contributed by atoms with Crippen LogP contribution in [0.1, 0.15) is 24.1 Å². The van der Waals surface area contributed by atoms with E-state index in [1.54, 1.807) is 6.08 Å². The number of carbonyl (C=O) groups is 1. The third-order valence-corrected chi connectivity index (χ3v) is 7.33. The summed E-state index contributed by atoms with van der Waals surface area (Å²) < 4.78 is 28.5. The molecule has 1 saturated heterocycles. The molecule has 1 aliphatic heterocycles. The van der Waals surface area contributed by atoms with Crippen molar-refractivity contribution in [1.82, 2.24) is 19.4 Å². The highest BCUT2D eigenvalue weighted by Gasteiger charge is 2.29. The van der Waals surface area contributed by atoms with Crippen molar-refractivity contribution in [2.45, 2.75) is 19.3 Å². The Morgan fingerprint density at radius 3 is 2.36 bits per heavy atom. The fraction of sp³-hybridized carbons (Fsp3) is 0.280. The number of benzene rings is 2. The fourth-order valence-electron chi connectivity index (χ4n) is 3.86. The van der Waals surface area contributed by atoms with Gasteiger partial charge in [-0.05, 0) is 42.7 Å². The lowest BCUT2D eigenvalue weighted by Crippen LogP contribution is -2.42. The topological polar surface area (TPSA) is 84.3 Å². The molecule has 0 spiro atoms. The predicted octanol–water partition coefficient (Wildman–Crippen LogP) is 3.24. The quantitative estimate of drug-likeness (QED) is 0.555. The van der Waals surface area contributed by atoms with Crippen LogP contribution in [0.5, 0.6) is 0 Å². The molecular formula is C25H28N4O3S. The smallest absolute Gasteiger partial charge is 0.236 e. The van der Waals surface area contributed by atoms with Crippen LogP contribution in [0, 0.1) is 5.92 Å². The first-order chi connectivity index (χ1) is 16.0. The van der Waals surface area contributed by atoms with Crippen molar-refractivity contribution in [3.05, 3.63) is 89.6 Å². The third-order valence-electron chi connectivity index (χ3n) is 5.76. The van der Waals surface area contributed by atoms with Gasteiger partial charge < -0.3 is 5.32 Å². The molecule has 1 fully saturated rings. The average Bonchev–Trinajstić information content (AvgIpc) is 3.33. The second-order valence-electron chi connectivity index (χ2n) is 8.06. The maximum absolute atomic E-state index is 12.6. The highest BCUT2D eigenvalue weighted by molar-refractivity contribution is 7.92. The first kappa shape index (κ1) is 22.9. The van der Waals surface area contributed by atoms with Crippen LogP contribution in [0.25, 0.3) is 11.8 Å². The van der Waals surface area contributed by atoms with Crippen LogP contribution in [0.3, 0.4) is 0 Å². The number of hydrogen-bond donors (Lipinski definition) is 1. The van der Waals surface area contributed by atoms with E-state index >= 15 is 0 Å². The van der Waals surface area contributed by atoms with E-state index in [9.17, 15) is 13.2 Å². The molecule has 0 unspecified atom stereocenters. The van der Waals surface area contributed by atoms with Crippen LogP contribution in [0.2, 0.25) is 0 Å². The first-order valence-corrected chi connectivity index (χ1v) is 12.6. The molecule has 8 heteroatoms. The van der Waals surface area contributed by atoms with E-state index in [0.29, 0.717) is 38.9 Å². The number of sulfonamides is 1. The highest BCUT2D eigenvalue weighted by atomic mass is 32.2. The van der Waals surface area contributed by atoms with Crippen molar-refractivity contribution >= 4 is 22.0 Å². The summed E-state index contributed by atoms with van der Waals surface area (Å²) in [6.07, 6.45) is 5.20. The molecule has 0 aliphatic carbocycles. The van der Waals surface area contributed by atoms with E-state index in [-0.39, 0.29) is 11.8 Å². The summed E-state index contributed by atoms with van der Waals surface area (Å²) in [6.45, 7) is 1.20. The van der Waals surface area contributed by atoms with Gasteiger partial charge in [-0.2, -0.15) is 9.40 Å². The van der Waals surface area contributed by atoms with E-state index in [2.05, 4.69) is 10.4 Å². The van der Waals surface area contributed by atoms with Crippen LogP contribution in [0.15, 0.2) is 78.3 Å². The Morgan fingerprint density at radius 2 is 1.67 bits per heavy atom. The number of aromatic nitrogens is 2. The number of amides is 1. The monoisotopic (exact) mass is 464 g/mol. The number of nitrogens with one attached hydrogen (secondary N) is 1. The molecule has 0 bridgehead atoms. The lowest BCUT2D eigenvalue weighted by molar-refractivity contribution is -0.126. The zero-order valence-electron chi connectivity index (χ0n) is 18.4. The predicted molar refractivity (Wildman–Crippen MR) is 129 cm³/mol. The molecule has 172 valence electrons. The first-order valence-electron chi connectivity index (χ1n) is 11.1. The average molecular weight is 465 g/mol. The molecular weight excluding hydrogens is 436 g/mol. The lowest BCUT2D eigenvalue weighted by atomic mass is 9.97. The number of piperidine rings is 1. The number of nitrogens with zero attached hydrogens (tertiary/aromatic N) is 3. The van der Waals surface area contributed by atoms with E-state index in [1.165, 1.54) is 9.71 Å². The largest absolute Gasteiger partial charge is 0.355 e. The van der Waals surface area contributed by atoms with Gasteiger partial charge in [-0.25, -0.2) is 13.1 Å². The number of carbonyl (C=O) groups excluding carboxylic acids is 1. The lowest BCUT2D eigenvalue weighted by Gasteiger charge is -2.29. The van der Waals surface area contributed by atoms with E-state index in [1.807, 2.05) is 77.6 Å². The van der Waals surface area contributed by atoms with Crippen molar-refractivity contribution < 1.29 is 13.2 Å². The van der Waals surface area contributed by atoms with Crippen LogP contribution in [-0.2, 0) is 21.2 Å². The van der Waals surface area contributed by atoms with Crippen LogP contribution < -0.4 is 5.32 Å². The standard InChI is InChI=1S/C25H28N4O3S/c30-25(26-16-11-23-14-19-29(27-23)24-9-5-2-6-10-24)22-12-17-28(18-13-22)33(31,32)20-15-21-7-3-1-4-8-21/h1-10,14-15,19-20,22H,11-13,16-18H2,(H,26,30)/b20-15+. The third kappa shape index (κ3) is 6.18. The molecule has 2 aromatic carbocycles. The van der Waals surface area contributed by atoms with Gasteiger partial charge in [0.1, 0.15) is 0 Å². The zero-order valence-corrected chi connectivity index (χ0v) is 19.2. The summed E-state index contributed by atoms with van der Waals surface area (Å²) in [4.78, 5) is 12.6. The molecule has 4 rings (SSSR count). The Balaban J connectivity index is 1.22. The molecule has 0 radical (unpaired) electrons. The number of para-hydroxylation sites is 1. The van der Waals surface area contributed by atoms with Gasteiger partial charge in [-0.15, -0.1) is 0 Å². The molecule has 1 N–H and O–H groups in total. The Kier molecular flexibility index (Phi) is 7.36. The van der Waals surface area contributed by atoms with Gasteiger partial charge in [0, 0.05) is 43.6 Å². The second kappa shape index (κ2) is 10.6. The van der Waals surface area contributed by atoms with Crippen LogP contribution in [0.4, 0.5) is 0 Å². The van der Waals surface area contributed by atoms with E-state index < -0.39 is 10.0 Å². The SMILES string of the molecule is O=C(NCCc1ccn(-c2ccccc2)n1)C1CCN(S(=O)(=O)/C=C/c2ccccc2)CC1. The molecule has 1 aromatic heterocycles. The molecule has 0 saturated carbocycles. The van der Waals surface area contributed by atoms with Crippen molar-refractivity contribution in [3.8, 4) is 5.69 Å². The van der Waals surface area contributed by atoms with Gasteiger partial charge >= 0.3 is 0 Å². The van der Waals surface area contributed by atoms with Gasteiger partial charge in [0.05, 0.1) is 11.4 Å². The van der Waals surface area contributed by atoms with Crippen LogP contribution in [-0.4, -0.2) is 48.0 Å². The highest BCUT2D eigenvalue weighted by Crippen LogP contribution is 2.21. The van der Waals surface area contributed by atoms with Crippen molar-refractivity contribution in [2.75, 3.05) is 19.6 Å². The van der Waals surface area contributed by atoms with E-state index in [0.717, 1.165) is 16.9 Å². The Bertz CT molecular complexity index is 1180. The Labute approximate surface area is 194 Å². The minimum absolute atomic E-state index is 0.0191. The van der Waals surface area contributed by atoms with Gasteiger partial charge in [-0.1, -0.05) is 48.5 Å². The summed E-state index contributed by atoms with van der Waals surface area (Å²) in [6, 6.07) is 21.2. The zero-order chi connectivity index (χ0) is 23.1. The van der Waals surface area contributed by atoms with Crippen molar-refractivity contribution in [1.29, 1.82) is 0 Å². The maximum Gasteiger partial charge on any atom is 0.236 e. The van der Waals surface area contributed by atoms with Gasteiger partial charge in [-0.3, -0.25) is 4.79 Å². The second-order valence-corrected chi connectivity index (χ2v) is 9.88. The fourth-order valence-corrected chi connectivity index (χ4v) is 5.09. The molecule has 33 heavy (non-hydrogen) atoms. The summed E-state index contributed by atoms with van der Waals surface area (Å²) in [5.41, 5.74) is 2.74. The molecule has 7 nitrogen and oxygen atoms in total. The minimum atomic E-state index is -3.49. The van der Waals surface area contributed by atoms with Gasteiger partial charge in [0.25, 0.3) is 0 Å². The normalized spacial score (nSPS) is 15.6. The maximum atomic E-state index is 12.6.